The molecule has 0 saturated heterocycles. The number of hydrogen-bond donors (Lipinski definition) is 1. The van der Waals surface area contributed by atoms with Crippen LogP contribution in [0.5, 0.6) is 0 Å². The van der Waals surface area contributed by atoms with Crippen LogP contribution >= 0.6 is 11.3 Å². The summed E-state index contributed by atoms with van der Waals surface area (Å²) in [6.45, 7) is 0. The summed E-state index contributed by atoms with van der Waals surface area (Å²) in [4.78, 5) is 15.1. The Hall–Kier alpha value is -2.73. The number of benzene rings is 2. The third kappa shape index (κ3) is 3.12. The average molecular weight is 313 g/mol. The van der Waals surface area contributed by atoms with E-state index >= 15 is 0 Å². The first kappa shape index (κ1) is 14.2. The Labute approximate surface area is 129 Å². The summed E-state index contributed by atoms with van der Waals surface area (Å²) in [5, 5.41) is 16.3. The van der Waals surface area contributed by atoms with Crippen molar-refractivity contribution in [1.82, 2.24) is 4.98 Å². The van der Waals surface area contributed by atoms with Crippen LogP contribution in [0.25, 0.3) is 11.3 Å². The Morgan fingerprint density at radius 2 is 1.77 bits per heavy atom. The van der Waals surface area contributed by atoms with Gasteiger partial charge in [0.2, 0.25) is 0 Å². The van der Waals surface area contributed by atoms with Crippen molar-refractivity contribution >= 4 is 28.1 Å². The number of halogens is 1. The molecule has 3 aromatic rings. The maximum absolute atomic E-state index is 12.9. The quantitative estimate of drug-likeness (QED) is 0.804. The number of aromatic carboxylic acids is 1. The zero-order chi connectivity index (χ0) is 15.5. The predicted octanol–water partition coefficient (Wildman–Crippen LogP) is 3.06. The normalized spacial score (nSPS) is 10.4. The van der Waals surface area contributed by atoms with Gasteiger partial charge in [-0.3, -0.25) is 0 Å². The summed E-state index contributed by atoms with van der Waals surface area (Å²) in [5.41, 5.74) is 2.43. The SMILES string of the molecule is O=C([O-])c1ccc(Nc2nc(-c3ccc(F)cc3)cs2)cc1. The fourth-order valence-electron chi connectivity index (χ4n) is 1.90. The molecule has 0 saturated carbocycles. The second-order valence-electron chi connectivity index (χ2n) is 4.53. The van der Waals surface area contributed by atoms with Crippen molar-refractivity contribution < 1.29 is 14.3 Å². The van der Waals surface area contributed by atoms with E-state index in [4.69, 9.17) is 0 Å². The van der Waals surface area contributed by atoms with E-state index in [-0.39, 0.29) is 11.4 Å². The second-order valence-corrected chi connectivity index (χ2v) is 5.39. The Bertz CT molecular complexity index is 798. The summed E-state index contributed by atoms with van der Waals surface area (Å²) in [5.74, 6) is -1.50. The van der Waals surface area contributed by atoms with Crippen molar-refractivity contribution in [3.63, 3.8) is 0 Å². The van der Waals surface area contributed by atoms with Gasteiger partial charge in [0.05, 0.1) is 11.7 Å². The first-order valence-electron chi connectivity index (χ1n) is 6.42. The van der Waals surface area contributed by atoms with Crippen LogP contribution < -0.4 is 10.4 Å². The lowest BCUT2D eigenvalue weighted by atomic mass is 10.2. The lowest BCUT2D eigenvalue weighted by molar-refractivity contribution is -0.255. The zero-order valence-electron chi connectivity index (χ0n) is 11.2. The molecule has 0 unspecified atom stereocenters. The topological polar surface area (TPSA) is 65.0 Å². The van der Waals surface area contributed by atoms with Crippen molar-refractivity contribution in [1.29, 1.82) is 0 Å². The van der Waals surface area contributed by atoms with E-state index in [1.807, 2.05) is 5.38 Å². The van der Waals surface area contributed by atoms with E-state index in [1.54, 1.807) is 24.3 Å². The summed E-state index contributed by atoms with van der Waals surface area (Å²) in [6.07, 6.45) is 0. The van der Waals surface area contributed by atoms with Crippen LogP contribution in [0.2, 0.25) is 0 Å². The van der Waals surface area contributed by atoms with Crippen LogP contribution in [0.4, 0.5) is 15.2 Å². The number of aromatic nitrogens is 1. The van der Waals surface area contributed by atoms with Crippen LogP contribution in [-0.2, 0) is 0 Å². The van der Waals surface area contributed by atoms with E-state index in [9.17, 15) is 14.3 Å². The molecule has 0 aliphatic rings. The maximum atomic E-state index is 12.9. The minimum Gasteiger partial charge on any atom is -0.545 e. The molecule has 3 rings (SSSR count). The number of nitrogens with one attached hydrogen (secondary N) is 1. The number of carboxylic acids is 1. The fourth-order valence-corrected chi connectivity index (χ4v) is 2.64. The number of carboxylic acid groups (broad SMARTS) is 1. The van der Waals surface area contributed by atoms with Crippen molar-refractivity contribution in [3.8, 4) is 11.3 Å². The lowest BCUT2D eigenvalue weighted by Gasteiger charge is -2.05. The Morgan fingerprint density at radius 1 is 1.09 bits per heavy atom. The molecule has 0 amide bonds. The minimum atomic E-state index is -1.21. The Balaban J connectivity index is 1.76. The van der Waals surface area contributed by atoms with Gasteiger partial charge >= 0.3 is 0 Å². The standard InChI is InChI=1S/C16H11FN2O2S/c17-12-5-1-10(2-6-12)14-9-22-16(19-14)18-13-7-3-11(4-8-13)15(20)21/h1-9H,(H,18,19)(H,20,21)/p-1. The van der Waals surface area contributed by atoms with Gasteiger partial charge in [0.25, 0.3) is 0 Å². The molecule has 0 spiro atoms. The van der Waals surface area contributed by atoms with Crippen molar-refractivity contribution in [2.45, 2.75) is 0 Å². The average Bonchev–Trinajstić information content (AvgIpc) is 2.97. The van der Waals surface area contributed by atoms with Crippen LogP contribution in [0.15, 0.2) is 53.9 Å². The molecule has 0 fully saturated rings. The highest BCUT2D eigenvalue weighted by atomic mass is 32.1. The van der Waals surface area contributed by atoms with Crippen LogP contribution in [0.3, 0.4) is 0 Å². The van der Waals surface area contributed by atoms with Crippen LogP contribution in [0, 0.1) is 5.82 Å². The molecule has 0 bridgehead atoms. The lowest BCUT2D eigenvalue weighted by Crippen LogP contribution is -2.21. The van der Waals surface area contributed by atoms with E-state index in [0.717, 1.165) is 16.9 Å². The summed E-state index contributed by atoms with van der Waals surface area (Å²) in [6, 6.07) is 12.3. The zero-order valence-corrected chi connectivity index (χ0v) is 12.1. The first-order chi connectivity index (χ1) is 10.6. The highest BCUT2D eigenvalue weighted by Gasteiger charge is 2.05. The number of carbonyl (C=O) groups is 1. The summed E-state index contributed by atoms with van der Waals surface area (Å²) < 4.78 is 12.9. The van der Waals surface area contributed by atoms with Crippen LogP contribution in [0.1, 0.15) is 10.4 Å². The fraction of sp³-hybridized carbons (Fsp3) is 0. The summed E-state index contributed by atoms with van der Waals surface area (Å²) >= 11 is 1.41. The van der Waals surface area contributed by atoms with Crippen molar-refractivity contribution in [2.75, 3.05) is 5.32 Å². The van der Waals surface area contributed by atoms with Gasteiger partial charge in [0, 0.05) is 16.6 Å². The smallest absolute Gasteiger partial charge is 0.187 e. The van der Waals surface area contributed by atoms with Gasteiger partial charge in [-0.15, -0.1) is 11.3 Å². The van der Waals surface area contributed by atoms with Gasteiger partial charge in [-0.25, -0.2) is 9.37 Å². The Morgan fingerprint density at radius 3 is 2.41 bits per heavy atom. The molecule has 0 aliphatic heterocycles. The minimum absolute atomic E-state index is 0.122. The van der Waals surface area contributed by atoms with Gasteiger partial charge in [0.15, 0.2) is 5.13 Å². The van der Waals surface area contributed by atoms with Gasteiger partial charge < -0.3 is 15.2 Å². The number of hydrogen-bond acceptors (Lipinski definition) is 5. The molecular formula is C16H10FN2O2S-. The van der Waals surface area contributed by atoms with Gasteiger partial charge in [-0.05, 0) is 42.0 Å². The van der Waals surface area contributed by atoms with E-state index in [1.165, 1.54) is 35.6 Å². The molecule has 1 heterocycles. The Kier molecular flexibility index (Phi) is 3.84. The molecule has 2 aromatic carbocycles. The molecule has 110 valence electrons. The van der Waals surface area contributed by atoms with Gasteiger partial charge in [-0.2, -0.15) is 0 Å². The largest absolute Gasteiger partial charge is 0.545 e. The van der Waals surface area contributed by atoms with E-state index in [2.05, 4.69) is 10.3 Å². The van der Waals surface area contributed by atoms with E-state index < -0.39 is 5.97 Å². The molecule has 1 N–H and O–H groups in total. The predicted molar refractivity (Wildman–Crippen MR) is 81.6 cm³/mol. The number of nitrogens with zero attached hydrogens (tertiary/aromatic N) is 1. The summed E-state index contributed by atoms with van der Waals surface area (Å²) in [7, 11) is 0. The molecule has 0 aliphatic carbocycles. The maximum Gasteiger partial charge on any atom is 0.187 e. The monoisotopic (exact) mass is 313 g/mol. The molecule has 1 aromatic heterocycles. The number of rotatable bonds is 4. The number of carbonyl (C=O) groups excluding carboxylic acids is 1. The highest BCUT2D eigenvalue weighted by Crippen LogP contribution is 2.27. The number of thiazole rings is 1. The second kappa shape index (κ2) is 5.95. The molecule has 4 nitrogen and oxygen atoms in total. The van der Waals surface area contributed by atoms with E-state index in [0.29, 0.717) is 5.13 Å². The molecule has 6 heteroatoms. The van der Waals surface area contributed by atoms with Crippen molar-refractivity contribution in [2.24, 2.45) is 0 Å². The highest BCUT2D eigenvalue weighted by molar-refractivity contribution is 7.14. The van der Waals surface area contributed by atoms with Crippen molar-refractivity contribution in [3.05, 3.63) is 65.3 Å². The molecular weight excluding hydrogens is 303 g/mol. The number of anilines is 2. The molecule has 0 atom stereocenters. The first-order valence-corrected chi connectivity index (χ1v) is 7.30. The molecule has 0 radical (unpaired) electrons. The van der Waals surface area contributed by atoms with Gasteiger partial charge in [0.1, 0.15) is 5.82 Å². The third-order valence-electron chi connectivity index (χ3n) is 3.02. The molecule has 22 heavy (non-hydrogen) atoms. The third-order valence-corrected chi connectivity index (χ3v) is 3.77. The van der Waals surface area contributed by atoms with Gasteiger partial charge in [-0.1, -0.05) is 12.1 Å². The van der Waals surface area contributed by atoms with Crippen LogP contribution in [-0.4, -0.2) is 11.0 Å².